The fourth-order valence-electron chi connectivity index (χ4n) is 2.95. The molecule has 0 spiro atoms. The van der Waals surface area contributed by atoms with Crippen molar-refractivity contribution in [1.82, 2.24) is 19.7 Å². The number of rotatable bonds is 3. The van der Waals surface area contributed by atoms with Crippen LogP contribution in [0.25, 0.3) is 0 Å². The summed E-state index contributed by atoms with van der Waals surface area (Å²) < 4.78 is 2.17. The quantitative estimate of drug-likeness (QED) is 0.870. The van der Waals surface area contributed by atoms with E-state index in [2.05, 4.69) is 44.6 Å². The van der Waals surface area contributed by atoms with Crippen LogP contribution < -0.4 is 4.90 Å². The number of anilines is 1. The third kappa shape index (κ3) is 2.80. The predicted molar refractivity (Wildman–Crippen MR) is 83.5 cm³/mol. The van der Waals surface area contributed by atoms with Crippen molar-refractivity contribution in [3.63, 3.8) is 0 Å². The molecule has 1 saturated heterocycles. The normalized spacial score (nSPS) is 16.0. The van der Waals surface area contributed by atoms with Gasteiger partial charge < -0.3 is 9.47 Å². The Morgan fingerprint density at radius 3 is 2.64 bits per heavy atom. The summed E-state index contributed by atoms with van der Waals surface area (Å²) >= 11 is 0. The molecule has 6 heteroatoms. The van der Waals surface area contributed by atoms with E-state index in [1.165, 1.54) is 0 Å². The molecule has 3 heterocycles. The lowest BCUT2D eigenvalue weighted by molar-refractivity contribution is 0.448. The monoisotopic (exact) mass is 296 g/mol. The van der Waals surface area contributed by atoms with Crippen molar-refractivity contribution in [3.8, 4) is 6.07 Å². The van der Waals surface area contributed by atoms with Crippen LogP contribution in [0.2, 0.25) is 0 Å². The second-order valence-corrected chi connectivity index (χ2v) is 5.97. The Bertz CT molecular complexity index is 659. The van der Waals surface area contributed by atoms with Crippen molar-refractivity contribution in [2.45, 2.75) is 38.6 Å². The van der Waals surface area contributed by atoms with Crippen LogP contribution in [-0.2, 0) is 0 Å². The number of aromatic nitrogens is 4. The van der Waals surface area contributed by atoms with Crippen LogP contribution in [0.1, 0.15) is 50.0 Å². The highest BCUT2D eigenvalue weighted by molar-refractivity contribution is 5.42. The van der Waals surface area contributed by atoms with Crippen LogP contribution in [0.4, 0.5) is 5.82 Å². The standard InChI is InChI=1S/C16H20N6/c1-12(2)22-11-19-20-16(22)14-5-7-21(8-6-14)15-4-3-13(9-17)10-18-15/h3-4,10-12,14H,5-8H2,1-2H3. The Labute approximate surface area is 130 Å². The van der Waals surface area contributed by atoms with E-state index >= 15 is 0 Å². The molecule has 0 radical (unpaired) electrons. The summed E-state index contributed by atoms with van der Waals surface area (Å²) in [6.07, 6.45) is 5.56. The van der Waals surface area contributed by atoms with Crippen LogP contribution in [0, 0.1) is 11.3 Å². The minimum absolute atomic E-state index is 0.392. The molecule has 0 saturated carbocycles. The molecule has 0 aromatic carbocycles. The van der Waals surface area contributed by atoms with Gasteiger partial charge >= 0.3 is 0 Å². The van der Waals surface area contributed by atoms with Gasteiger partial charge in [0.2, 0.25) is 0 Å². The lowest BCUT2D eigenvalue weighted by Crippen LogP contribution is -2.34. The fourth-order valence-corrected chi connectivity index (χ4v) is 2.95. The number of hydrogen-bond donors (Lipinski definition) is 0. The lowest BCUT2D eigenvalue weighted by atomic mass is 9.95. The van der Waals surface area contributed by atoms with E-state index < -0.39 is 0 Å². The molecule has 3 rings (SSSR count). The molecule has 2 aromatic rings. The maximum absolute atomic E-state index is 8.83. The van der Waals surface area contributed by atoms with Crippen LogP contribution in [0.3, 0.4) is 0 Å². The number of nitrogens with zero attached hydrogens (tertiary/aromatic N) is 6. The maximum Gasteiger partial charge on any atom is 0.136 e. The number of hydrogen-bond acceptors (Lipinski definition) is 5. The SMILES string of the molecule is CC(C)n1cnnc1C1CCN(c2ccc(C#N)cn2)CC1. The van der Waals surface area contributed by atoms with Crippen LogP contribution in [0.5, 0.6) is 0 Å². The van der Waals surface area contributed by atoms with E-state index in [9.17, 15) is 0 Å². The van der Waals surface area contributed by atoms with Gasteiger partial charge in [-0.25, -0.2) is 4.98 Å². The summed E-state index contributed by atoms with van der Waals surface area (Å²) in [6.45, 7) is 6.22. The summed E-state index contributed by atoms with van der Waals surface area (Å²) in [7, 11) is 0. The average molecular weight is 296 g/mol. The number of pyridine rings is 1. The smallest absolute Gasteiger partial charge is 0.136 e. The van der Waals surface area contributed by atoms with Crippen LogP contribution >= 0.6 is 0 Å². The Balaban J connectivity index is 1.67. The van der Waals surface area contributed by atoms with Gasteiger partial charge in [0.1, 0.15) is 24.0 Å². The van der Waals surface area contributed by atoms with E-state index in [4.69, 9.17) is 5.26 Å². The Morgan fingerprint density at radius 1 is 1.27 bits per heavy atom. The molecule has 1 fully saturated rings. The highest BCUT2D eigenvalue weighted by Gasteiger charge is 2.25. The van der Waals surface area contributed by atoms with Crippen molar-refractivity contribution in [3.05, 3.63) is 36.0 Å². The Morgan fingerprint density at radius 2 is 2.05 bits per heavy atom. The van der Waals surface area contributed by atoms with Gasteiger partial charge in [0, 0.05) is 31.2 Å². The van der Waals surface area contributed by atoms with Crippen molar-refractivity contribution >= 4 is 5.82 Å². The molecule has 1 aliphatic heterocycles. The highest BCUT2D eigenvalue weighted by Crippen LogP contribution is 2.29. The van der Waals surface area contributed by atoms with E-state index in [-0.39, 0.29) is 0 Å². The fraction of sp³-hybridized carbons (Fsp3) is 0.500. The first-order chi connectivity index (χ1) is 10.7. The van der Waals surface area contributed by atoms with Crippen molar-refractivity contribution in [2.24, 2.45) is 0 Å². The molecule has 0 bridgehead atoms. The first-order valence-electron chi connectivity index (χ1n) is 7.69. The zero-order chi connectivity index (χ0) is 15.5. The second kappa shape index (κ2) is 6.14. The van der Waals surface area contributed by atoms with Crippen LogP contribution in [0.15, 0.2) is 24.7 Å². The highest BCUT2D eigenvalue weighted by atomic mass is 15.3. The van der Waals surface area contributed by atoms with Gasteiger partial charge in [-0.15, -0.1) is 10.2 Å². The molecular formula is C16H20N6. The van der Waals surface area contributed by atoms with Crippen LogP contribution in [-0.4, -0.2) is 32.8 Å². The largest absolute Gasteiger partial charge is 0.357 e. The third-order valence-electron chi connectivity index (χ3n) is 4.22. The summed E-state index contributed by atoms with van der Waals surface area (Å²) in [6, 6.07) is 6.24. The van der Waals surface area contributed by atoms with Gasteiger partial charge in [-0.1, -0.05) is 0 Å². The summed E-state index contributed by atoms with van der Waals surface area (Å²) in [4.78, 5) is 6.65. The molecule has 22 heavy (non-hydrogen) atoms. The van der Waals surface area contributed by atoms with Gasteiger partial charge in [-0.2, -0.15) is 5.26 Å². The predicted octanol–water partition coefficient (Wildman–Crippen LogP) is 2.51. The van der Waals surface area contributed by atoms with Gasteiger partial charge in [-0.05, 0) is 38.8 Å². The Hall–Kier alpha value is -2.42. The second-order valence-electron chi connectivity index (χ2n) is 5.97. The topological polar surface area (TPSA) is 70.6 Å². The van der Waals surface area contributed by atoms with E-state index in [1.807, 2.05) is 18.5 Å². The zero-order valence-electron chi connectivity index (χ0n) is 13.0. The van der Waals surface area contributed by atoms with E-state index in [0.29, 0.717) is 17.5 Å². The molecule has 6 nitrogen and oxygen atoms in total. The van der Waals surface area contributed by atoms with Gasteiger partial charge in [0.15, 0.2) is 0 Å². The molecule has 0 N–H and O–H groups in total. The number of nitriles is 1. The molecule has 1 aliphatic rings. The molecule has 0 atom stereocenters. The van der Waals surface area contributed by atoms with Crippen molar-refractivity contribution < 1.29 is 0 Å². The minimum Gasteiger partial charge on any atom is -0.357 e. The summed E-state index contributed by atoms with van der Waals surface area (Å²) in [5.74, 6) is 2.50. The molecule has 2 aromatic heterocycles. The first kappa shape index (κ1) is 14.5. The molecule has 114 valence electrons. The molecule has 0 aliphatic carbocycles. The zero-order valence-corrected chi connectivity index (χ0v) is 13.0. The van der Waals surface area contributed by atoms with Gasteiger partial charge in [-0.3, -0.25) is 0 Å². The Kier molecular flexibility index (Phi) is 4.05. The molecular weight excluding hydrogens is 276 g/mol. The maximum atomic E-state index is 8.83. The average Bonchev–Trinajstić information content (AvgIpc) is 3.05. The van der Waals surface area contributed by atoms with E-state index in [0.717, 1.165) is 37.6 Å². The van der Waals surface area contributed by atoms with E-state index in [1.54, 1.807) is 6.20 Å². The third-order valence-corrected chi connectivity index (χ3v) is 4.22. The first-order valence-corrected chi connectivity index (χ1v) is 7.69. The van der Waals surface area contributed by atoms with Crippen molar-refractivity contribution in [1.29, 1.82) is 5.26 Å². The van der Waals surface area contributed by atoms with Crippen molar-refractivity contribution in [2.75, 3.05) is 18.0 Å². The minimum atomic E-state index is 0.392. The lowest BCUT2D eigenvalue weighted by Gasteiger charge is -2.32. The van der Waals surface area contributed by atoms with Gasteiger partial charge in [0.25, 0.3) is 0 Å². The van der Waals surface area contributed by atoms with Gasteiger partial charge in [0.05, 0.1) is 5.56 Å². The number of piperidine rings is 1. The summed E-state index contributed by atoms with van der Waals surface area (Å²) in [5, 5.41) is 17.2. The summed E-state index contributed by atoms with van der Waals surface area (Å²) in [5.41, 5.74) is 0.601. The molecule has 0 unspecified atom stereocenters. The molecule has 0 amide bonds.